The molecule has 2 nitrogen and oxygen atoms in total. The average Bonchev–Trinajstić information content (AvgIpc) is 2.95. The first-order valence-electron chi connectivity index (χ1n) is 13.4. The van der Waals surface area contributed by atoms with Gasteiger partial charge in [0.2, 0.25) is 0 Å². The van der Waals surface area contributed by atoms with Crippen LogP contribution < -0.4 is 11.5 Å². The topological polar surface area (TPSA) is 52.0 Å². The Kier molecular flexibility index (Phi) is 9.70. The fraction of sp³-hybridized carbons (Fsp3) is 0.176. The summed E-state index contributed by atoms with van der Waals surface area (Å²) in [6.45, 7) is 4.55. The Balaban J connectivity index is 1.55. The van der Waals surface area contributed by atoms with Gasteiger partial charge in [-0.1, -0.05) is 154 Å². The van der Waals surface area contributed by atoms with Crippen molar-refractivity contribution in [3.05, 3.63) is 155 Å². The lowest BCUT2D eigenvalue weighted by atomic mass is 9.55. The third-order valence-electron chi connectivity index (χ3n) is 7.05. The third kappa shape index (κ3) is 7.10. The van der Waals surface area contributed by atoms with Crippen molar-refractivity contribution in [2.45, 2.75) is 26.5 Å². The SMILES string of the molecule is CC(C)C(C[B]C(N)=C(c1ccccc1)c1ccccc1)C[B]C(N)=C(c1ccccc1)c1ccccc1. The summed E-state index contributed by atoms with van der Waals surface area (Å²) >= 11 is 0. The van der Waals surface area contributed by atoms with E-state index in [0.717, 1.165) is 57.2 Å². The Hall–Kier alpha value is -3.91. The molecule has 2 radical (unpaired) electrons. The van der Waals surface area contributed by atoms with Crippen LogP contribution in [0.1, 0.15) is 36.1 Å². The molecule has 0 bridgehead atoms. The Morgan fingerprint density at radius 1 is 0.500 bits per heavy atom. The van der Waals surface area contributed by atoms with Gasteiger partial charge < -0.3 is 11.5 Å². The smallest absolute Gasteiger partial charge is 0.174 e. The van der Waals surface area contributed by atoms with Gasteiger partial charge in [-0.05, 0) is 50.5 Å². The molecule has 0 saturated heterocycles. The molecule has 0 unspecified atom stereocenters. The Morgan fingerprint density at radius 2 is 0.763 bits per heavy atom. The summed E-state index contributed by atoms with van der Waals surface area (Å²) in [5, 5.41) is 0. The predicted octanol–water partition coefficient (Wildman–Crippen LogP) is 7.26. The molecule has 4 N–H and O–H groups in total. The van der Waals surface area contributed by atoms with Crippen molar-refractivity contribution in [3.63, 3.8) is 0 Å². The van der Waals surface area contributed by atoms with Crippen LogP contribution in [0.15, 0.2) is 133 Å². The predicted molar refractivity (Wildman–Crippen MR) is 166 cm³/mol. The molecule has 4 aromatic rings. The summed E-state index contributed by atoms with van der Waals surface area (Å²) in [6, 6.07) is 41.6. The quantitative estimate of drug-likeness (QED) is 0.216. The molecule has 0 aromatic heterocycles. The summed E-state index contributed by atoms with van der Waals surface area (Å²) < 4.78 is 0. The van der Waals surface area contributed by atoms with Gasteiger partial charge in [0, 0.05) is 0 Å². The molecule has 38 heavy (non-hydrogen) atoms. The molecule has 0 aliphatic carbocycles. The molecule has 188 valence electrons. The van der Waals surface area contributed by atoms with E-state index in [1.807, 2.05) is 24.3 Å². The van der Waals surface area contributed by atoms with E-state index in [-0.39, 0.29) is 0 Å². The summed E-state index contributed by atoms with van der Waals surface area (Å²) in [4.78, 5) is 0. The minimum absolute atomic E-state index is 0.410. The average molecular weight is 494 g/mol. The van der Waals surface area contributed by atoms with Gasteiger partial charge in [0.1, 0.15) is 0 Å². The minimum atomic E-state index is 0.410. The van der Waals surface area contributed by atoms with Crippen LogP contribution in [0, 0.1) is 11.8 Å². The second kappa shape index (κ2) is 13.6. The molecule has 0 heterocycles. The zero-order valence-corrected chi connectivity index (χ0v) is 22.4. The Morgan fingerprint density at radius 3 is 1.00 bits per heavy atom. The monoisotopic (exact) mass is 494 g/mol. The van der Waals surface area contributed by atoms with Crippen molar-refractivity contribution in [1.82, 2.24) is 0 Å². The molecule has 4 rings (SSSR count). The van der Waals surface area contributed by atoms with Gasteiger partial charge in [-0.2, -0.15) is 0 Å². The molecular formula is C34H36B2N2. The van der Waals surface area contributed by atoms with Crippen molar-refractivity contribution in [2.75, 3.05) is 0 Å². The van der Waals surface area contributed by atoms with Crippen molar-refractivity contribution in [3.8, 4) is 0 Å². The van der Waals surface area contributed by atoms with Crippen LogP contribution in [0.3, 0.4) is 0 Å². The molecule has 0 saturated carbocycles. The molecule has 4 heteroatoms. The minimum Gasteiger partial charge on any atom is -0.410 e. The van der Waals surface area contributed by atoms with Crippen LogP contribution in [0.25, 0.3) is 11.1 Å². The lowest BCUT2D eigenvalue weighted by molar-refractivity contribution is 0.455. The van der Waals surface area contributed by atoms with E-state index in [2.05, 4.69) is 125 Å². The lowest BCUT2D eigenvalue weighted by Gasteiger charge is -2.22. The van der Waals surface area contributed by atoms with Gasteiger partial charge in [-0.15, -0.1) is 0 Å². The Labute approximate surface area is 230 Å². The summed E-state index contributed by atoms with van der Waals surface area (Å²) in [6.07, 6.45) is 1.75. The zero-order chi connectivity index (χ0) is 26.7. The molecule has 4 aromatic carbocycles. The van der Waals surface area contributed by atoms with Crippen LogP contribution in [0.2, 0.25) is 12.6 Å². The highest BCUT2D eigenvalue weighted by Gasteiger charge is 2.19. The van der Waals surface area contributed by atoms with E-state index >= 15 is 0 Å². The van der Waals surface area contributed by atoms with E-state index in [1.54, 1.807) is 0 Å². The second-order valence-electron chi connectivity index (χ2n) is 10.0. The van der Waals surface area contributed by atoms with E-state index in [0.29, 0.717) is 11.8 Å². The molecule has 0 spiro atoms. The van der Waals surface area contributed by atoms with Gasteiger partial charge in [0.25, 0.3) is 0 Å². The largest absolute Gasteiger partial charge is 0.410 e. The third-order valence-corrected chi connectivity index (χ3v) is 7.05. The highest BCUT2D eigenvalue weighted by atomic mass is 14.6. The summed E-state index contributed by atoms with van der Waals surface area (Å²) in [7, 11) is 4.39. The Bertz CT molecular complexity index is 1150. The van der Waals surface area contributed by atoms with Gasteiger partial charge in [0.15, 0.2) is 14.6 Å². The van der Waals surface area contributed by atoms with Crippen LogP contribution in [0.4, 0.5) is 0 Å². The van der Waals surface area contributed by atoms with Gasteiger partial charge in [0.05, 0.1) is 0 Å². The van der Waals surface area contributed by atoms with Crippen LogP contribution >= 0.6 is 0 Å². The van der Waals surface area contributed by atoms with Crippen molar-refractivity contribution >= 4 is 25.7 Å². The maximum atomic E-state index is 6.77. The second-order valence-corrected chi connectivity index (χ2v) is 10.0. The molecule has 0 amide bonds. The molecule has 0 aliphatic heterocycles. The van der Waals surface area contributed by atoms with Crippen molar-refractivity contribution in [2.24, 2.45) is 23.3 Å². The number of benzene rings is 4. The first-order chi connectivity index (χ1) is 18.5. The van der Waals surface area contributed by atoms with E-state index in [1.165, 1.54) is 0 Å². The fourth-order valence-electron chi connectivity index (χ4n) is 4.82. The fourth-order valence-corrected chi connectivity index (χ4v) is 4.82. The molecule has 0 fully saturated rings. The maximum Gasteiger partial charge on any atom is 0.174 e. The summed E-state index contributed by atoms with van der Waals surface area (Å²) in [5.74, 6) is 0.893. The number of hydrogen-bond acceptors (Lipinski definition) is 2. The van der Waals surface area contributed by atoms with Crippen LogP contribution in [0.5, 0.6) is 0 Å². The van der Waals surface area contributed by atoms with Gasteiger partial charge in [-0.3, -0.25) is 0 Å². The van der Waals surface area contributed by atoms with Crippen LogP contribution in [-0.4, -0.2) is 14.6 Å². The highest BCUT2D eigenvalue weighted by Crippen LogP contribution is 2.29. The number of nitrogens with two attached hydrogens (primary N) is 2. The first kappa shape index (κ1) is 27.1. The summed E-state index contributed by atoms with van der Waals surface area (Å²) in [5.41, 5.74) is 21.8. The van der Waals surface area contributed by atoms with E-state index in [4.69, 9.17) is 11.5 Å². The maximum absolute atomic E-state index is 6.77. The van der Waals surface area contributed by atoms with Crippen LogP contribution in [-0.2, 0) is 0 Å². The molecular weight excluding hydrogens is 458 g/mol. The molecule has 0 aliphatic rings. The number of rotatable bonds is 11. The first-order valence-corrected chi connectivity index (χ1v) is 13.4. The van der Waals surface area contributed by atoms with Crippen molar-refractivity contribution in [1.29, 1.82) is 0 Å². The lowest BCUT2D eigenvalue weighted by Crippen LogP contribution is -2.21. The standard InChI is InChI=1S/C34H36B2N2/c1-25(2)30(23-35-33(37)31(26-15-7-3-8-16-26)27-17-9-4-10-18-27)24-36-34(38)32(28-19-11-5-12-20-28)29-21-13-6-14-22-29/h3-22,25,30H,23-24,37-38H2,1-2H3. The zero-order valence-electron chi connectivity index (χ0n) is 22.4. The van der Waals surface area contributed by atoms with E-state index in [9.17, 15) is 0 Å². The normalized spacial score (nSPS) is 10.7. The van der Waals surface area contributed by atoms with Gasteiger partial charge in [-0.25, -0.2) is 0 Å². The van der Waals surface area contributed by atoms with Crippen molar-refractivity contribution < 1.29 is 0 Å². The number of hydrogen-bond donors (Lipinski definition) is 2. The van der Waals surface area contributed by atoms with E-state index < -0.39 is 0 Å². The molecule has 0 atom stereocenters. The highest BCUT2D eigenvalue weighted by molar-refractivity contribution is 6.49. The van der Waals surface area contributed by atoms with Gasteiger partial charge >= 0.3 is 0 Å².